The second kappa shape index (κ2) is 7.45. The van der Waals surface area contributed by atoms with E-state index in [-0.39, 0.29) is 13.2 Å². The number of rotatable bonds is 7. The molecule has 7 heteroatoms. The molecular formula is C9H15F3O4. The smallest absolute Gasteiger partial charge is 0.411 e. The van der Waals surface area contributed by atoms with Crippen molar-refractivity contribution < 1.29 is 32.2 Å². The molecule has 0 amide bonds. The standard InChI is InChI=1S/C9H15F3O4/c1-3-14-5-8(13)16-7(2)4-15-6-9(10,11)12/h7H,3-6H2,1-2H3. The SMILES string of the molecule is CCOCC(=O)OC(C)COCC(F)(F)F. The first-order chi connectivity index (χ1) is 7.35. The van der Waals surface area contributed by atoms with Crippen LogP contribution in [0.4, 0.5) is 13.2 Å². The molecule has 0 rings (SSSR count). The van der Waals surface area contributed by atoms with E-state index in [4.69, 9.17) is 9.47 Å². The Morgan fingerprint density at radius 3 is 2.44 bits per heavy atom. The highest BCUT2D eigenvalue weighted by Gasteiger charge is 2.27. The van der Waals surface area contributed by atoms with Gasteiger partial charge in [0, 0.05) is 6.61 Å². The lowest BCUT2D eigenvalue weighted by Gasteiger charge is -2.14. The molecule has 0 spiro atoms. The largest absolute Gasteiger partial charge is 0.459 e. The Morgan fingerprint density at radius 2 is 1.94 bits per heavy atom. The van der Waals surface area contributed by atoms with Gasteiger partial charge in [0.25, 0.3) is 0 Å². The molecule has 0 aromatic heterocycles. The number of alkyl halides is 3. The molecule has 0 saturated carbocycles. The molecule has 0 fully saturated rings. The van der Waals surface area contributed by atoms with Gasteiger partial charge in [-0.2, -0.15) is 13.2 Å². The van der Waals surface area contributed by atoms with Crippen LogP contribution in [0, 0.1) is 0 Å². The summed E-state index contributed by atoms with van der Waals surface area (Å²) in [5, 5.41) is 0. The molecule has 0 N–H and O–H groups in total. The van der Waals surface area contributed by atoms with Crippen LogP contribution in [0.15, 0.2) is 0 Å². The molecule has 0 aliphatic heterocycles. The molecule has 0 aliphatic rings. The van der Waals surface area contributed by atoms with Crippen LogP contribution in [0.3, 0.4) is 0 Å². The minimum Gasteiger partial charge on any atom is -0.459 e. The highest BCUT2D eigenvalue weighted by molar-refractivity contribution is 5.70. The number of carbonyl (C=O) groups is 1. The molecule has 0 saturated heterocycles. The summed E-state index contributed by atoms with van der Waals surface area (Å²) in [5.74, 6) is -0.620. The minimum absolute atomic E-state index is 0.208. The molecule has 0 bridgehead atoms. The first-order valence-electron chi connectivity index (χ1n) is 4.77. The van der Waals surface area contributed by atoms with Crippen molar-refractivity contribution in [2.75, 3.05) is 26.4 Å². The normalized spacial score (nSPS) is 13.6. The van der Waals surface area contributed by atoms with E-state index in [0.717, 1.165) is 0 Å². The summed E-state index contributed by atoms with van der Waals surface area (Å²) >= 11 is 0. The summed E-state index contributed by atoms with van der Waals surface area (Å²) in [7, 11) is 0. The van der Waals surface area contributed by atoms with Crippen LogP contribution < -0.4 is 0 Å². The topological polar surface area (TPSA) is 44.8 Å². The summed E-state index contributed by atoms with van der Waals surface area (Å²) in [5.41, 5.74) is 0. The van der Waals surface area contributed by atoms with E-state index in [0.29, 0.717) is 6.61 Å². The Kier molecular flexibility index (Phi) is 7.07. The van der Waals surface area contributed by atoms with Gasteiger partial charge in [-0.05, 0) is 13.8 Å². The van der Waals surface area contributed by atoms with E-state index in [1.807, 2.05) is 0 Å². The summed E-state index contributed by atoms with van der Waals surface area (Å²) in [4.78, 5) is 10.9. The Labute approximate surface area is 91.7 Å². The number of carbonyl (C=O) groups excluding carboxylic acids is 1. The van der Waals surface area contributed by atoms with Gasteiger partial charge in [-0.3, -0.25) is 0 Å². The quantitative estimate of drug-likeness (QED) is 0.637. The van der Waals surface area contributed by atoms with Crippen LogP contribution in [0.2, 0.25) is 0 Å². The van der Waals surface area contributed by atoms with E-state index in [9.17, 15) is 18.0 Å². The number of hydrogen-bond donors (Lipinski definition) is 0. The fourth-order valence-electron chi connectivity index (χ4n) is 0.818. The second-order valence-corrected chi connectivity index (χ2v) is 3.07. The monoisotopic (exact) mass is 244 g/mol. The zero-order valence-corrected chi connectivity index (χ0v) is 9.17. The third-order valence-electron chi connectivity index (χ3n) is 1.37. The zero-order chi connectivity index (χ0) is 12.6. The fraction of sp³-hybridized carbons (Fsp3) is 0.889. The van der Waals surface area contributed by atoms with Gasteiger partial charge in [-0.1, -0.05) is 0 Å². The van der Waals surface area contributed by atoms with Gasteiger partial charge >= 0.3 is 12.1 Å². The van der Waals surface area contributed by atoms with Crippen LogP contribution in [0.25, 0.3) is 0 Å². The number of ether oxygens (including phenoxy) is 3. The summed E-state index contributed by atoms with van der Waals surface area (Å²) in [6.45, 7) is 1.68. The van der Waals surface area contributed by atoms with Gasteiger partial charge in [-0.15, -0.1) is 0 Å². The lowest BCUT2D eigenvalue weighted by molar-refractivity contribution is -0.183. The molecule has 0 radical (unpaired) electrons. The third-order valence-corrected chi connectivity index (χ3v) is 1.37. The maximum absolute atomic E-state index is 11.7. The molecule has 1 unspecified atom stereocenters. The van der Waals surface area contributed by atoms with Gasteiger partial charge in [-0.25, -0.2) is 4.79 Å². The molecule has 0 heterocycles. The van der Waals surface area contributed by atoms with Gasteiger partial charge in [0.15, 0.2) is 0 Å². The lowest BCUT2D eigenvalue weighted by atomic mass is 10.4. The Balaban J connectivity index is 3.58. The first-order valence-corrected chi connectivity index (χ1v) is 4.77. The van der Waals surface area contributed by atoms with E-state index in [2.05, 4.69) is 4.74 Å². The van der Waals surface area contributed by atoms with Gasteiger partial charge in [0.1, 0.15) is 19.3 Å². The van der Waals surface area contributed by atoms with E-state index < -0.39 is 24.9 Å². The summed E-state index contributed by atoms with van der Waals surface area (Å²) in [6, 6.07) is 0. The van der Waals surface area contributed by atoms with Crippen LogP contribution in [-0.4, -0.2) is 44.7 Å². The van der Waals surface area contributed by atoms with Crippen LogP contribution in [-0.2, 0) is 19.0 Å². The number of halogens is 3. The van der Waals surface area contributed by atoms with Crippen molar-refractivity contribution in [2.45, 2.75) is 26.1 Å². The van der Waals surface area contributed by atoms with E-state index >= 15 is 0 Å². The molecule has 16 heavy (non-hydrogen) atoms. The van der Waals surface area contributed by atoms with Crippen molar-refractivity contribution in [3.63, 3.8) is 0 Å². The number of hydrogen-bond acceptors (Lipinski definition) is 4. The van der Waals surface area contributed by atoms with Gasteiger partial charge < -0.3 is 14.2 Å². The van der Waals surface area contributed by atoms with E-state index in [1.165, 1.54) is 6.92 Å². The molecule has 4 nitrogen and oxygen atoms in total. The van der Waals surface area contributed by atoms with Crippen molar-refractivity contribution in [1.82, 2.24) is 0 Å². The van der Waals surface area contributed by atoms with Crippen molar-refractivity contribution in [1.29, 1.82) is 0 Å². The zero-order valence-electron chi connectivity index (χ0n) is 9.17. The first kappa shape index (κ1) is 15.2. The molecule has 0 aromatic carbocycles. The highest BCUT2D eigenvalue weighted by Crippen LogP contribution is 2.14. The maximum atomic E-state index is 11.7. The van der Waals surface area contributed by atoms with Crippen LogP contribution >= 0.6 is 0 Å². The van der Waals surface area contributed by atoms with Crippen molar-refractivity contribution in [2.24, 2.45) is 0 Å². The molecule has 0 aliphatic carbocycles. The molecule has 96 valence electrons. The summed E-state index contributed by atoms with van der Waals surface area (Å²) in [6.07, 6.45) is -5.09. The predicted octanol–water partition coefficient (Wildman–Crippen LogP) is 1.53. The predicted molar refractivity (Wildman–Crippen MR) is 48.9 cm³/mol. The number of esters is 1. The van der Waals surface area contributed by atoms with Crippen molar-refractivity contribution in [3.8, 4) is 0 Å². The molecule has 1 atom stereocenters. The average Bonchev–Trinajstić information content (AvgIpc) is 2.12. The maximum Gasteiger partial charge on any atom is 0.411 e. The third kappa shape index (κ3) is 9.72. The summed E-state index contributed by atoms with van der Waals surface area (Å²) < 4.78 is 48.8. The van der Waals surface area contributed by atoms with Crippen LogP contribution in [0.5, 0.6) is 0 Å². The molecule has 0 aromatic rings. The molecular weight excluding hydrogens is 229 g/mol. The van der Waals surface area contributed by atoms with Crippen molar-refractivity contribution >= 4 is 5.97 Å². The second-order valence-electron chi connectivity index (χ2n) is 3.07. The highest BCUT2D eigenvalue weighted by atomic mass is 19.4. The Morgan fingerprint density at radius 1 is 1.31 bits per heavy atom. The average molecular weight is 244 g/mol. The fourth-order valence-corrected chi connectivity index (χ4v) is 0.818. The Hall–Kier alpha value is -0.820. The Bertz CT molecular complexity index is 205. The van der Waals surface area contributed by atoms with Crippen LogP contribution in [0.1, 0.15) is 13.8 Å². The van der Waals surface area contributed by atoms with E-state index in [1.54, 1.807) is 6.92 Å². The minimum atomic E-state index is -4.37. The van der Waals surface area contributed by atoms with Crippen molar-refractivity contribution in [3.05, 3.63) is 0 Å². The van der Waals surface area contributed by atoms with Gasteiger partial charge in [0.05, 0.1) is 6.61 Å². The van der Waals surface area contributed by atoms with Gasteiger partial charge in [0.2, 0.25) is 0 Å². The lowest BCUT2D eigenvalue weighted by Crippen LogP contribution is -2.26.